The third-order valence-electron chi connectivity index (χ3n) is 4.31. The highest BCUT2D eigenvalue weighted by Crippen LogP contribution is 2.26. The van der Waals surface area contributed by atoms with Gasteiger partial charge in [-0.25, -0.2) is 9.18 Å². The molecule has 0 spiro atoms. The van der Waals surface area contributed by atoms with Crippen LogP contribution in [0.5, 0.6) is 5.75 Å². The van der Waals surface area contributed by atoms with Crippen LogP contribution < -0.4 is 10.1 Å². The number of terminal acetylenes is 1. The van der Waals surface area contributed by atoms with E-state index >= 15 is 0 Å². The number of anilines is 1. The number of hydrogen-bond acceptors (Lipinski definition) is 3. The van der Waals surface area contributed by atoms with E-state index in [-0.39, 0.29) is 18.4 Å². The first kappa shape index (κ1) is 16.3. The van der Waals surface area contributed by atoms with Gasteiger partial charge in [0.15, 0.2) is 0 Å². The number of urea groups is 1. The lowest BCUT2D eigenvalue weighted by Gasteiger charge is -2.24. The summed E-state index contributed by atoms with van der Waals surface area (Å²) in [7, 11) is 0. The summed E-state index contributed by atoms with van der Waals surface area (Å²) in [5.41, 5.74) is 0.419. The fourth-order valence-electron chi connectivity index (χ4n) is 3.05. The van der Waals surface area contributed by atoms with Crippen molar-refractivity contribution in [2.45, 2.75) is 12.5 Å². The van der Waals surface area contributed by atoms with Gasteiger partial charge in [0.2, 0.25) is 0 Å². The van der Waals surface area contributed by atoms with E-state index in [9.17, 15) is 9.18 Å². The summed E-state index contributed by atoms with van der Waals surface area (Å²) in [6.07, 6.45) is 10.4. The number of benzene rings is 1. The predicted octanol–water partition coefficient (Wildman–Crippen LogP) is 2.32. The van der Waals surface area contributed by atoms with E-state index in [4.69, 9.17) is 11.2 Å². The first-order valence-electron chi connectivity index (χ1n) is 7.98. The van der Waals surface area contributed by atoms with Gasteiger partial charge in [0.05, 0.1) is 5.69 Å². The number of rotatable bonds is 4. The standard InChI is InChI=1S/C18H20FN3O2/c1-2-11-24-17-12-14(19)5-6-16(17)20-18(23)22-10-7-15(13-22)21-8-3-4-9-21/h1,3-6,12,15H,7-11,13H2,(H,20,23). The van der Waals surface area contributed by atoms with Crippen LogP contribution in [0.25, 0.3) is 0 Å². The fourth-order valence-corrected chi connectivity index (χ4v) is 3.05. The van der Waals surface area contributed by atoms with Crippen LogP contribution in [0.4, 0.5) is 14.9 Å². The zero-order valence-electron chi connectivity index (χ0n) is 13.4. The lowest BCUT2D eigenvalue weighted by atomic mass is 10.2. The zero-order chi connectivity index (χ0) is 16.9. The van der Waals surface area contributed by atoms with E-state index in [0.717, 1.165) is 19.5 Å². The van der Waals surface area contributed by atoms with Gasteiger partial charge >= 0.3 is 6.03 Å². The molecule has 1 saturated heterocycles. The summed E-state index contributed by atoms with van der Waals surface area (Å²) in [5.74, 6) is 2.12. The Morgan fingerprint density at radius 2 is 2.21 bits per heavy atom. The summed E-state index contributed by atoms with van der Waals surface area (Å²) >= 11 is 0. The van der Waals surface area contributed by atoms with E-state index in [1.165, 1.54) is 18.2 Å². The molecule has 1 aromatic carbocycles. The average molecular weight is 329 g/mol. The topological polar surface area (TPSA) is 44.8 Å². The Balaban J connectivity index is 1.62. The van der Waals surface area contributed by atoms with Crippen molar-refractivity contribution in [2.24, 2.45) is 0 Å². The highest BCUT2D eigenvalue weighted by molar-refractivity contribution is 5.91. The number of carbonyl (C=O) groups excluding carboxylic acids is 1. The highest BCUT2D eigenvalue weighted by Gasteiger charge is 2.30. The van der Waals surface area contributed by atoms with Gasteiger partial charge in [-0.3, -0.25) is 4.90 Å². The van der Waals surface area contributed by atoms with E-state index in [1.807, 2.05) is 0 Å². The van der Waals surface area contributed by atoms with E-state index in [1.54, 1.807) is 4.90 Å². The van der Waals surface area contributed by atoms with Crippen molar-refractivity contribution in [3.63, 3.8) is 0 Å². The third kappa shape index (κ3) is 3.69. The number of halogens is 1. The van der Waals surface area contributed by atoms with Crippen LogP contribution in [0, 0.1) is 18.2 Å². The number of carbonyl (C=O) groups is 1. The van der Waals surface area contributed by atoms with Crippen LogP contribution in [-0.2, 0) is 0 Å². The highest BCUT2D eigenvalue weighted by atomic mass is 19.1. The third-order valence-corrected chi connectivity index (χ3v) is 4.31. The summed E-state index contributed by atoms with van der Waals surface area (Å²) in [4.78, 5) is 16.6. The second kappa shape index (κ2) is 7.37. The van der Waals surface area contributed by atoms with E-state index in [0.29, 0.717) is 24.8 Å². The Hall–Kier alpha value is -2.52. The largest absolute Gasteiger partial charge is 0.479 e. The molecule has 1 aromatic rings. The summed E-state index contributed by atoms with van der Waals surface area (Å²) in [6, 6.07) is 4.16. The molecule has 2 amide bonds. The fraction of sp³-hybridized carbons (Fsp3) is 0.389. The Morgan fingerprint density at radius 3 is 2.96 bits per heavy atom. The first-order valence-corrected chi connectivity index (χ1v) is 7.98. The number of nitrogens with one attached hydrogen (secondary N) is 1. The number of likely N-dealkylation sites (tertiary alicyclic amines) is 1. The Morgan fingerprint density at radius 1 is 1.42 bits per heavy atom. The molecule has 0 bridgehead atoms. The normalized spacial score (nSPS) is 20.2. The van der Waals surface area contributed by atoms with Crippen LogP contribution in [0.3, 0.4) is 0 Å². The smallest absolute Gasteiger partial charge is 0.322 e. The molecule has 1 unspecified atom stereocenters. The van der Waals surface area contributed by atoms with E-state index < -0.39 is 5.82 Å². The van der Waals surface area contributed by atoms with Crippen molar-refractivity contribution in [1.29, 1.82) is 0 Å². The van der Waals surface area contributed by atoms with E-state index in [2.05, 4.69) is 28.3 Å². The number of amides is 2. The molecule has 1 N–H and O–H groups in total. The van der Waals surface area contributed by atoms with Crippen LogP contribution >= 0.6 is 0 Å². The molecule has 126 valence electrons. The Labute approximate surface area is 141 Å². The zero-order valence-corrected chi connectivity index (χ0v) is 13.4. The quantitative estimate of drug-likeness (QED) is 0.681. The van der Waals surface area contributed by atoms with Crippen molar-refractivity contribution in [1.82, 2.24) is 9.80 Å². The number of ether oxygens (including phenoxy) is 1. The molecule has 0 aromatic heterocycles. The van der Waals surface area contributed by atoms with Crippen molar-refractivity contribution in [3.05, 3.63) is 36.2 Å². The molecule has 0 aliphatic carbocycles. The molecule has 5 nitrogen and oxygen atoms in total. The monoisotopic (exact) mass is 329 g/mol. The summed E-state index contributed by atoms with van der Waals surface area (Å²) in [5, 5.41) is 2.79. The van der Waals surface area contributed by atoms with Crippen molar-refractivity contribution >= 4 is 11.7 Å². The second-order valence-electron chi connectivity index (χ2n) is 5.88. The molecule has 0 saturated carbocycles. The SMILES string of the molecule is C#CCOc1cc(F)ccc1NC(=O)N1CCC(N2CC=CC2)C1. The molecular formula is C18H20FN3O2. The minimum atomic E-state index is -0.442. The minimum absolute atomic E-state index is 0.0140. The molecule has 1 atom stereocenters. The van der Waals surface area contributed by atoms with Gasteiger partial charge in [-0.2, -0.15) is 0 Å². The van der Waals surface area contributed by atoms with Gasteiger partial charge in [0.1, 0.15) is 18.2 Å². The molecule has 2 aliphatic rings. The molecule has 6 heteroatoms. The predicted molar refractivity (Wildman–Crippen MR) is 90.4 cm³/mol. The Bertz CT molecular complexity index is 675. The van der Waals surface area contributed by atoms with Crippen LogP contribution in [0.1, 0.15) is 6.42 Å². The molecule has 2 aliphatic heterocycles. The van der Waals surface area contributed by atoms with Gasteiger partial charge in [-0.1, -0.05) is 18.1 Å². The van der Waals surface area contributed by atoms with Crippen molar-refractivity contribution in [2.75, 3.05) is 38.1 Å². The van der Waals surface area contributed by atoms with Gasteiger partial charge in [-0.15, -0.1) is 6.42 Å². The lowest BCUT2D eigenvalue weighted by molar-refractivity contribution is 0.212. The van der Waals surface area contributed by atoms with Crippen LogP contribution in [0.2, 0.25) is 0 Å². The molecule has 2 heterocycles. The van der Waals surface area contributed by atoms with Crippen LogP contribution in [0.15, 0.2) is 30.4 Å². The molecule has 3 rings (SSSR count). The van der Waals surface area contributed by atoms with Crippen LogP contribution in [-0.4, -0.2) is 54.7 Å². The van der Waals surface area contributed by atoms with Crippen molar-refractivity contribution < 1.29 is 13.9 Å². The molecule has 1 fully saturated rings. The average Bonchev–Trinajstić information content (AvgIpc) is 3.25. The maximum atomic E-state index is 13.4. The van der Waals surface area contributed by atoms with Crippen molar-refractivity contribution in [3.8, 4) is 18.1 Å². The van der Waals surface area contributed by atoms with Gasteiger partial charge < -0.3 is 15.0 Å². The summed E-state index contributed by atoms with van der Waals surface area (Å²) in [6.45, 7) is 3.30. The summed E-state index contributed by atoms with van der Waals surface area (Å²) < 4.78 is 18.7. The number of hydrogen-bond donors (Lipinski definition) is 1. The maximum Gasteiger partial charge on any atom is 0.322 e. The van der Waals surface area contributed by atoms with Gasteiger partial charge in [0, 0.05) is 38.3 Å². The maximum absolute atomic E-state index is 13.4. The first-order chi connectivity index (χ1) is 11.7. The van der Waals surface area contributed by atoms with Gasteiger partial charge in [-0.05, 0) is 18.6 Å². The molecule has 24 heavy (non-hydrogen) atoms. The molecule has 0 radical (unpaired) electrons. The minimum Gasteiger partial charge on any atom is -0.479 e. The van der Waals surface area contributed by atoms with Gasteiger partial charge in [0.25, 0.3) is 0 Å². The molecular weight excluding hydrogens is 309 g/mol. The number of nitrogens with zero attached hydrogens (tertiary/aromatic N) is 2. The lowest BCUT2D eigenvalue weighted by Crippen LogP contribution is -2.39. The Kier molecular flexibility index (Phi) is 5.02. The second-order valence-corrected chi connectivity index (χ2v) is 5.88.